The lowest BCUT2D eigenvalue weighted by atomic mass is 10.4. The number of nitriles is 1. The van der Waals surface area contributed by atoms with E-state index in [1.165, 1.54) is 6.07 Å². The van der Waals surface area contributed by atoms with Crippen LogP contribution in [0.25, 0.3) is 0 Å². The maximum absolute atomic E-state index is 11.8. The van der Waals surface area contributed by atoms with Crippen molar-refractivity contribution in [2.24, 2.45) is 0 Å². The van der Waals surface area contributed by atoms with Crippen LogP contribution in [0.2, 0.25) is 10.0 Å². The van der Waals surface area contributed by atoms with Crippen molar-refractivity contribution in [3.8, 4) is 11.9 Å². The normalized spacial score (nSPS) is 10.9. The minimum Gasteiger partial charge on any atom is -0.388 e. The van der Waals surface area contributed by atoms with Gasteiger partial charge in [0.1, 0.15) is 6.07 Å². The molecule has 1 aromatic heterocycles. The van der Waals surface area contributed by atoms with Crippen molar-refractivity contribution in [2.45, 2.75) is 6.36 Å². The van der Waals surface area contributed by atoms with Gasteiger partial charge in [0, 0.05) is 6.07 Å². The molecule has 1 aromatic rings. The Morgan fingerprint density at radius 1 is 1.40 bits per heavy atom. The van der Waals surface area contributed by atoms with Crippen LogP contribution >= 0.6 is 23.2 Å². The first-order valence-electron chi connectivity index (χ1n) is 3.35. The van der Waals surface area contributed by atoms with Crippen molar-refractivity contribution in [1.29, 1.82) is 5.26 Å². The molecule has 1 rings (SSSR count). The molecular weight excluding hydrogens is 256 g/mol. The maximum atomic E-state index is 11.8. The van der Waals surface area contributed by atoms with Crippen LogP contribution in [0, 0.1) is 11.3 Å². The van der Waals surface area contributed by atoms with Crippen LogP contribution < -0.4 is 4.74 Å². The van der Waals surface area contributed by atoms with Gasteiger partial charge in [0.2, 0.25) is 5.88 Å². The van der Waals surface area contributed by atoms with Gasteiger partial charge in [-0.3, -0.25) is 0 Å². The van der Waals surface area contributed by atoms with Gasteiger partial charge < -0.3 is 4.74 Å². The molecule has 0 saturated heterocycles. The van der Waals surface area contributed by atoms with E-state index in [1.54, 1.807) is 0 Å². The van der Waals surface area contributed by atoms with E-state index in [1.807, 2.05) is 0 Å². The molecule has 0 aromatic carbocycles. The van der Waals surface area contributed by atoms with Gasteiger partial charge in [0.25, 0.3) is 0 Å². The van der Waals surface area contributed by atoms with Crippen LogP contribution in [-0.4, -0.2) is 11.3 Å². The summed E-state index contributed by atoms with van der Waals surface area (Å²) in [5.41, 5.74) is -0.427. The lowest BCUT2D eigenvalue weighted by Gasteiger charge is -2.08. The summed E-state index contributed by atoms with van der Waals surface area (Å²) in [7, 11) is 0. The number of rotatable bonds is 1. The van der Waals surface area contributed by atoms with Crippen LogP contribution in [-0.2, 0) is 0 Å². The fraction of sp³-hybridized carbons (Fsp3) is 0.143. The second-order valence-corrected chi connectivity index (χ2v) is 3.05. The highest BCUT2D eigenvalue weighted by Gasteiger charge is 2.32. The Morgan fingerprint density at radius 3 is 2.47 bits per heavy atom. The smallest absolute Gasteiger partial charge is 0.388 e. The first-order chi connectivity index (χ1) is 6.83. The minimum absolute atomic E-state index is 0.214. The average Bonchev–Trinajstić information content (AvgIpc) is 2.08. The number of halogens is 5. The first-order valence-corrected chi connectivity index (χ1v) is 4.11. The molecule has 0 N–H and O–H groups in total. The lowest BCUT2D eigenvalue weighted by molar-refractivity contribution is -0.276. The van der Waals surface area contributed by atoms with E-state index < -0.39 is 17.9 Å². The number of hydrogen-bond acceptors (Lipinski definition) is 3. The molecule has 0 radical (unpaired) electrons. The molecule has 8 heteroatoms. The van der Waals surface area contributed by atoms with Crippen molar-refractivity contribution in [1.82, 2.24) is 4.98 Å². The molecule has 0 saturated carbocycles. The Balaban J connectivity index is 3.13. The van der Waals surface area contributed by atoms with Crippen LogP contribution in [0.5, 0.6) is 5.88 Å². The van der Waals surface area contributed by atoms with Crippen LogP contribution in [0.3, 0.4) is 0 Å². The Hall–Kier alpha value is -1.19. The molecule has 0 atom stereocenters. The second-order valence-electron chi connectivity index (χ2n) is 2.26. The average molecular weight is 257 g/mol. The summed E-state index contributed by atoms with van der Waals surface area (Å²) in [4.78, 5) is 3.22. The van der Waals surface area contributed by atoms with Gasteiger partial charge in [-0.15, -0.1) is 13.2 Å². The van der Waals surface area contributed by atoms with Crippen molar-refractivity contribution in [2.75, 3.05) is 0 Å². The number of nitrogens with zero attached hydrogens (tertiary/aromatic N) is 2. The zero-order valence-electron chi connectivity index (χ0n) is 6.77. The van der Waals surface area contributed by atoms with E-state index in [0.717, 1.165) is 6.07 Å². The van der Waals surface area contributed by atoms with E-state index in [-0.39, 0.29) is 10.0 Å². The minimum atomic E-state index is -4.89. The molecular formula is C7HCl2F3N2O. The quantitative estimate of drug-likeness (QED) is 0.776. The molecule has 3 nitrogen and oxygen atoms in total. The summed E-state index contributed by atoms with van der Waals surface area (Å²) in [5, 5.41) is 8.03. The maximum Gasteiger partial charge on any atom is 0.574 e. The Labute approximate surface area is 92.0 Å². The van der Waals surface area contributed by atoms with E-state index >= 15 is 0 Å². The predicted octanol–water partition coefficient (Wildman–Crippen LogP) is 3.16. The number of ether oxygens (including phenoxy) is 1. The highest BCUT2D eigenvalue weighted by molar-refractivity contribution is 6.42. The van der Waals surface area contributed by atoms with Gasteiger partial charge in [-0.25, -0.2) is 4.98 Å². The van der Waals surface area contributed by atoms with Gasteiger partial charge in [-0.05, 0) is 0 Å². The van der Waals surface area contributed by atoms with E-state index in [2.05, 4.69) is 9.72 Å². The lowest BCUT2D eigenvalue weighted by Crippen LogP contribution is -2.18. The SMILES string of the molecule is N#Cc1nc(OC(F)(F)F)cc(Cl)c1Cl. The van der Waals surface area contributed by atoms with Gasteiger partial charge >= 0.3 is 6.36 Å². The largest absolute Gasteiger partial charge is 0.574 e. The van der Waals surface area contributed by atoms with Crippen LogP contribution in [0.4, 0.5) is 13.2 Å². The van der Waals surface area contributed by atoms with E-state index in [4.69, 9.17) is 28.5 Å². The zero-order valence-corrected chi connectivity index (χ0v) is 8.28. The molecule has 15 heavy (non-hydrogen) atoms. The van der Waals surface area contributed by atoms with Gasteiger partial charge in [-0.1, -0.05) is 23.2 Å². The molecule has 80 valence electrons. The van der Waals surface area contributed by atoms with E-state index in [9.17, 15) is 13.2 Å². The highest BCUT2D eigenvalue weighted by Crippen LogP contribution is 2.30. The summed E-state index contributed by atoms with van der Waals surface area (Å²) >= 11 is 10.9. The number of alkyl halides is 3. The third kappa shape index (κ3) is 3.15. The van der Waals surface area contributed by atoms with E-state index in [0.29, 0.717) is 0 Å². The van der Waals surface area contributed by atoms with Gasteiger partial charge in [0.15, 0.2) is 5.69 Å². The predicted molar refractivity (Wildman–Crippen MR) is 45.7 cm³/mol. The third-order valence-corrected chi connectivity index (χ3v) is 1.99. The Morgan fingerprint density at radius 2 is 2.00 bits per heavy atom. The fourth-order valence-corrected chi connectivity index (χ4v) is 1.04. The van der Waals surface area contributed by atoms with Gasteiger partial charge in [0.05, 0.1) is 10.0 Å². The van der Waals surface area contributed by atoms with Gasteiger partial charge in [-0.2, -0.15) is 5.26 Å². The molecule has 0 aliphatic rings. The molecule has 0 aliphatic carbocycles. The van der Waals surface area contributed by atoms with Crippen LogP contribution in [0.15, 0.2) is 6.07 Å². The second kappa shape index (κ2) is 4.13. The van der Waals surface area contributed by atoms with Crippen molar-refractivity contribution >= 4 is 23.2 Å². The molecule has 0 aliphatic heterocycles. The molecule has 0 bridgehead atoms. The molecule has 0 unspecified atom stereocenters. The molecule has 1 heterocycles. The monoisotopic (exact) mass is 256 g/mol. The summed E-state index contributed by atoms with van der Waals surface area (Å²) < 4.78 is 38.8. The van der Waals surface area contributed by atoms with Crippen molar-refractivity contribution in [3.63, 3.8) is 0 Å². The summed E-state index contributed by atoms with van der Waals surface area (Å²) in [5.74, 6) is -0.826. The number of pyridine rings is 1. The highest BCUT2D eigenvalue weighted by atomic mass is 35.5. The molecule has 0 fully saturated rings. The number of hydrogen-bond donors (Lipinski definition) is 0. The summed E-state index contributed by atoms with van der Waals surface area (Å²) in [6.07, 6.45) is -4.89. The number of aromatic nitrogens is 1. The molecule has 0 amide bonds. The van der Waals surface area contributed by atoms with Crippen LogP contribution in [0.1, 0.15) is 5.69 Å². The Kier molecular flexibility index (Phi) is 3.27. The zero-order chi connectivity index (χ0) is 11.6. The third-order valence-electron chi connectivity index (χ3n) is 1.22. The summed E-state index contributed by atoms with van der Waals surface area (Å²) in [6.45, 7) is 0. The Bertz CT molecular complexity index is 427. The van der Waals surface area contributed by atoms with Crippen molar-refractivity contribution < 1.29 is 17.9 Å². The fourth-order valence-electron chi connectivity index (χ4n) is 0.721. The first kappa shape index (κ1) is 11.9. The summed E-state index contributed by atoms with van der Waals surface area (Å²) in [6, 6.07) is 2.26. The molecule has 0 spiro atoms. The topological polar surface area (TPSA) is 45.9 Å². The standard InChI is InChI=1S/C7HCl2F3N2O/c8-3-1-5(15-7(10,11)12)14-4(2-13)6(3)9/h1H. The van der Waals surface area contributed by atoms with Crippen molar-refractivity contribution in [3.05, 3.63) is 21.8 Å².